The van der Waals surface area contributed by atoms with Crippen LogP contribution in [0.3, 0.4) is 0 Å². The zero-order chi connectivity index (χ0) is 18.4. The summed E-state index contributed by atoms with van der Waals surface area (Å²) in [7, 11) is 4.48. The second kappa shape index (κ2) is 8.53. The Balaban J connectivity index is 2.08. The number of rotatable bonds is 7. The predicted octanol–water partition coefficient (Wildman–Crippen LogP) is 3.51. The van der Waals surface area contributed by atoms with Gasteiger partial charge in [-0.1, -0.05) is 0 Å². The van der Waals surface area contributed by atoms with Crippen LogP contribution in [0.4, 0.5) is 0 Å². The number of esters is 1. The van der Waals surface area contributed by atoms with Crippen molar-refractivity contribution in [2.75, 3.05) is 27.9 Å². The number of hydrogen-bond donors (Lipinski definition) is 0. The highest BCUT2D eigenvalue weighted by Gasteiger charge is 2.16. The van der Waals surface area contributed by atoms with E-state index in [0.717, 1.165) is 0 Å². The molecule has 0 N–H and O–H groups in total. The summed E-state index contributed by atoms with van der Waals surface area (Å²) in [5.74, 6) is 0.473. The van der Waals surface area contributed by atoms with Crippen LogP contribution in [-0.4, -0.2) is 39.7 Å². The molecule has 6 nitrogen and oxygen atoms in total. The Morgan fingerprint density at radius 2 is 1.64 bits per heavy atom. The van der Waals surface area contributed by atoms with Crippen molar-refractivity contribution >= 4 is 27.7 Å². The lowest BCUT2D eigenvalue weighted by molar-refractivity contribution is 0.0473. The predicted molar refractivity (Wildman–Crippen MR) is 94.9 cm³/mol. The highest BCUT2D eigenvalue weighted by Crippen LogP contribution is 2.28. The average molecular weight is 409 g/mol. The van der Waals surface area contributed by atoms with Crippen LogP contribution in [0.15, 0.2) is 40.9 Å². The minimum Gasteiger partial charge on any atom is -0.497 e. The molecule has 7 heteroatoms. The quantitative estimate of drug-likeness (QED) is 0.515. The molecule has 0 spiro atoms. The lowest BCUT2D eigenvalue weighted by Crippen LogP contribution is -2.15. The van der Waals surface area contributed by atoms with E-state index < -0.39 is 12.6 Å². The van der Waals surface area contributed by atoms with E-state index in [9.17, 15) is 9.59 Å². The molecule has 0 unspecified atom stereocenters. The summed E-state index contributed by atoms with van der Waals surface area (Å²) >= 11 is 3.28. The van der Waals surface area contributed by atoms with Crippen molar-refractivity contribution in [3.63, 3.8) is 0 Å². The van der Waals surface area contributed by atoms with Gasteiger partial charge in [0.15, 0.2) is 23.9 Å². The lowest BCUT2D eigenvalue weighted by atomic mass is 10.1. The minimum atomic E-state index is -0.625. The third kappa shape index (κ3) is 4.51. The summed E-state index contributed by atoms with van der Waals surface area (Å²) < 4.78 is 21.0. The van der Waals surface area contributed by atoms with Crippen molar-refractivity contribution in [1.29, 1.82) is 0 Å². The minimum absolute atomic E-state index is 0.277. The maximum absolute atomic E-state index is 12.2. The van der Waals surface area contributed by atoms with E-state index in [1.807, 2.05) is 0 Å². The first kappa shape index (κ1) is 18.8. The molecule has 2 rings (SSSR count). The molecule has 0 aliphatic carbocycles. The van der Waals surface area contributed by atoms with Gasteiger partial charge in [-0.15, -0.1) is 0 Å². The van der Waals surface area contributed by atoms with E-state index in [2.05, 4.69) is 15.9 Å². The van der Waals surface area contributed by atoms with E-state index >= 15 is 0 Å². The van der Waals surface area contributed by atoms with E-state index in [4.69, 9.17) is 18.9 Å². The van der Waals surface area contributed by atoms with Gasteiger partial charge in [-0.05, 0) is 52.3 Å². The highest BCUT2D eigenvalue weighted by atomic mass is 79.9. The van der Waals surface area contributed by atoms with Crippen LogP contribution >= 0.6 is 15.9 Å². The molecule has 0 fully saturated rings. The molecular weight excluding hydrogens is 392 g/mol. The van der Waals surface area contributed by atoms with Crippen LogP contribution in [-0.2, 0) is 4.74 Å². The average Bonchev–Trinajstić information content (AvgIpc) is 2.65. The van der Waals surface area contributed by atoms with Crippen molar-refractivity contribution < 1.29 is 28.5 Å². The van der Waals surface area contributed by atoms with Crippen LogP contribution in [0.1, 0.15) is 20.7 Å². The largest absolute Gasteiger partial charge is 0.497 e. The SMILES string of the molecule is COc1ccc(Br)c(C(=O)OCC(=O)c2ccc(OC)c(OC)c2)c1. The molecule has 0 aromatic heterocycles. The Labute approximate surface area is 153 Å². The molecule has 0 saturated carbocycles. The molecule has 0 amide bonds. The molecule has 0 atom stereocenters. The van der Waals surface area contributed by atoms with Gasteiger partial charge in [-0.2, -0.15) is 0 Å². The zero-order valence-corrected chi connectivity index (χ0v) is 15.6. The van der Waals surface area contributed by atoms with E-state index in [1.54, 1.807) is 24.3 Å². The molecule has 0 heterocycles. The van der Waals surface area contributed by atoms with Gasteiger partial charge in [0.1, 0.15) is 5.75 Å². The van der Waals surface area contributed by atoms with Crippen LogP contribution in [0, 0.1) is 0 Å². The van der Waals surface area contributed by atoms with Gasteiger partial charge < -0.3 is 18.9 Å². The number of methoxy groups -OCH3 is 3. The van der Waals surface area contributed by atoms with Gasteiger partial charge >= 0.3 is 5.97 Å². The highest BCUT2D eigenvalue weighted by molar-refractivity contribution is 9.10. The van der Waals surface area contributed by atoms with Crippen molar-refractivity contribution in [1.82, 2.24) is 0 Å². The van der Waals surface area contributed by atoms with E-state index in [0.29, 0.717) is 27.3 Å². The normalized spacial score (nSPS) is 10.1. The van der Waals surface area contributed by atoms with Gasteiger partial charge in [0, 0.05) is 10.0 Å². The number of hydrogen-bond acceptors (Lipinski definition) is 6. The van der Waals surface area contributed by atoms with Crippen LogP contribution in [0.2, 0.25) is 0 Å². The first-order valence-corrected chi connectivity index (χ1v) is 8.05. The topological polar surface area (TPSA) is 71.1 Å². The molecule has 0 radical (unpaired) electrons. The molecule has 2 aromatic carbocycles. The van der Waals surface area contributed by atoms with Gasteiger partial charge in [0.05, 0.1) is 26.9 Å². The van der Waals surface area contributed by atoms with Gasteiger partial charge in [-0.3, -0.25) is 4.79 Å². The summed E-state index contributed by atoms with van der Waals surface area (Å²) in [5.41, 5.74) is 0.634. The Morgan fingerprint density at radius 3 is 2.28 bits per heavy atom. The van der Waals surface area contributed by atoms with Crippen molar-refractivity contribution in [3.05, 3.63) is 52.0 Å². The third-order valence-corrected chi connectivity index (χ3v) is 4.12. The maximum atomic E-state index is 12.2. The van der Waals surface area contributed by atoms with Crippen molar-refractivity contribution in [3.8, 4) is 17.2 Å². The summed E-state index contributed by atoms with van der Waals surface area (Å²) in [5, 5.41) is 0. The number of ketones is 1. The number of benzene rings is 2. The number of carbonyl (C=O) groups excluding carboxylic acids is 2. The first-order chi connectivity index (χ1) is 12.0. The fraction of sp³-hybridized carbons (Fsp3) is 0.222. The summed E-state index contributed by atoms with van der Waals surface area (Å²) in [6.45, 7) is -0.391. The molecule has 132 valence electrons. The van der Waals surface area contributed by atoms with Gasteiger partial charge in [0.25, 0.3) is 0 Å². The first-order valence-electron chi connectivity index (χ1n) is 7.26. The Bertz CT molecular complexity index is 787. The smallest absolute Gasteiger partial charge is 0.339 e. The molecule has 0 saturated heterocycles. The Morgan fingerprint density at radius 1 is 0.920 bits per heavy atom. The second-order valence-corrected chi connectivity index (χ2v) is 5.77. The Hall–Kier alpha value is -2.54. The number of halogens is 1. The standard InChI is InChI=1S/C18H17BrO6/c1-22-12-5-6-14(19)13(9-12)18(21)25-10-15(20)11-4-7-16(23-2)17(8-11)24-3/h4-9H,10H2,1-3H3. The van der Waals surface area contributed by atoms with Crippen LogP contribution < -0.4 is 14.2 Å². The van der Waals surface area contributed by atoms with Crippen molar-refractivity contribution in [2.45, 2.75) is 0 Å². The third-order valence-electron chi connectivity index (χ3n) is 3.43. The molecule has 0 aliphatic rings. The van der Waals surface area contributed by atoms with Crippen molar-refractivity contribution in [2.24, 2.45) is 0 Å². The fourth-order valence-electron chi connectivity index (χ4n) is 2.09. The summed E-state index contributed by atoms with van der Waals surface area (Å²) in [6.07, 6.45) is 0. The number of Topliss-reactive ketones (excluding diaryl/α,β-unsaturated/α-hetero) is 1. The number of carbonyl (C=O) groups is 2. The van der Waals surface area contributed by atoms with E-state index in [-0.39, 0.29) is 11.3 Å². The van der Waals surface area contributed by atoms with Gasteiger partial charge in [0.2, 0.25) is 0 Å². The fourth-order valence-corrected chi connectivity index (χ4v) is 2.50. The zero-order valence-electron chi connectivity index (χ0n) is 14.0. The molecule has 2 aromatic rings. The van der Waals surface area contributed by atoms with Crippen LogP contribution in [0.25, 0.3) is 0 Å². The van der Waals surface area contributed by atoms with E-state index in [1.165, 1.54) is 33.5 Å². The molecule has 0 bridgehead atoms. The summed E-state index contributed by atoms with van der Waals surface area (Å²) in [6, 6.07) is 9.65. The molecule has 25 heavy (non-hydrogen) atoms. The Kier molecular flexibility index (Phi) is 6.41. The monoisotopic (exact) mass is 408 g/mol. The van der Waals surface area contributed by atoms with Gasteiger partial charge in [-0.25, -0.2) is 4.79 Å². The molecular formula is C18H17BrO6. The lowest BCUT2D eigenvalue weighted by Gasteiger charge is -2.10. The number of ether oxygens (including phenoxy) is 4. The molecule has 0 aliphatic heterocycles. The van der Waals surface area contributed by atoms with Crippen LogP contribution in [0.5, 0.6) is 17.2 Å². The maximum Gasteiger partial charge on any atom is 0.339 e. The summed E-state index contributed by atoms with van der Waals surface area (Å²) in [4.78, 5) is 24.4. The second-order valence-electron chi connectivity index (χ2n) is 4.91.